The molecule has 2 atom stereocenters. The van der Waals surface area contributed by atoms with Crippen molar-refractivity contribution in [3.63, 3.8) is 0 Å². The third-order valence-electron chi connectivity index (χ3n) is 5.03. The van der Waals surface area contributed by atoms with Gasteiger partial charge < -0.3 is 21.7 Å². The van der Waals surface area contributed by atoms with E-state index in [1.807, 2.05) is 13.0 Å². The second-order valence-corrected chi connectivity index (χ2v) is 9.26. The molecule has 1 saturated heterocycles. The van der Waals surface area contributed by atoms with Gasteiger partial charge in [0.25, 0.3) is 0 Å². The molecule has 6 N–H and O–H groups in total. The van der Waals surface area contributed by atoms with Crippen LogP contribution in [0.3, 0.4) is 0 Å². The van der Waals surface area contributed by atoms with Gasteiger partial charge in [-0.15, -0.1) is 0 Å². The summed E-state index contributed by atoms with van der Waals surface area (Å²) in [7, 11) is 0. The summed E-state index contributed by atoms with van der Waals surface area (Å²) in [5, 5.41) is 13.6. The number of hydrogen-bond acceptors (Lipinski definition) is 6. The minimum absolute atomic E-state index is 0.0353. The number of nitrogens with zero attached hydrogens (tertiary/aromatic N) is 3. The summed E-state index contributed by atoms with van der Waals surface area (Å²) in [4.78, 5) is 25.4. The van der Waals surface area contributed by atoms with E-state index in [1.54, 1.807) is 18.3 Å². The lowest BCUT2D eigenvalue weighted by Gasteiger charge is -2.27. The molecule has 0 saturated carbocycles. The highest BCUT2D eigenvalue weighted by Gasteiger charge is 2.20. The lowest BCUT2D eigenvalue weighted by molar-refractivity contribution is 0.100. The number of carbonyl (C=O) groups excluding carboxylic acids is 1. The van der Waals surface area contributed by atoms with Crippen molar-refractivity contribution in [2.24, 2.45) is 26.1 Å². The molecule has 9 heteroatoms. The molecule has 0 bridgehead atoms. The molecule has 9 nitrogen and oxygen atoms in total. The minimum Gasteiger partial charge on any atom is -0.366 e. The van der Waals surface area contributed by atoms with E-state index in [1.165, 1.54) is 0 Å². The molecular weight excluding hydrogens is 392 g/mol. The Morgan fingerprint density at radius 1 is 1.35 bits per heavy atom. The van der Waals surface area contributed by atoms with Crippen molar-refractivity contribution in [2.45, 2.75) is 52.7 Å². The van der Waals surface area contributed by atoms with Crippen molar-refractivity contribution in [2.75, 3.05) is 25.0 Å². The molecule has 0 spiro atoms. The largest absolute Gasteiger partial charge is 0.366 e. The molecule has 1 fully saturated rings. The number of hydrogen-bond donors (Lipinski definition) is 5. The zero-order valence-electron chi connectivity index (χ0n) is 18.8. The Kier molecular flexibility index (Phi) is 7.40. The number of anilines is 1. The lowest BCUT2D eigenvalue weighted by Crippen LogP contribution is -2.54. The number of rotatable bonds is 5. The van der Waals surface area contributed by atoms with Crippen LogP contribution in [0.5, 0.6) is 0 Å². The van der Waals surface area contributed by atoms with E-state index in [0.29, 0.717) is 30.1 Å². The van der Waals surface area contributed by atoms with Crippen LogP contribution in [-0.2, 0) is 0 Å². The maximum absolute atomic E-state index is 11.6. The predicted octanol–water partition coefficient (Wildman–Crippen LogP) is 1.61. The topological polar surface area (TPSA) is 128 Å². The summed E-state index contributed by atoms with van der Waals surface area (Å²) in [6, 6.07) is 5.61. The molecule has 2 heterocycles. The first-order valence-electron chi connectivity index (χ1n) is 10.8. The van der Waals surface area contributed by atoms with E-state index in [0.717, 1.165) is 37.2 Å². The van der Waals surface area contributed by atoms with Gasteiger partial charge in [0.1, 0.15) is 6.17 Å². The molecule has 1 unspecified atom stereocenters. The highest BCUT2D eigenvalue weighted by atomic mass is 16.1. The van der Waals surface area contributed by atoms with E-state index >= 15 is 0 Å². The summed E-state index contributed by atoms with van der Waals surface area (Å²) in [5.74, 6) is 0.435. The van der Waals surface area contributed by atoms with Gasteiger partial charge in [-0.25, -0.2) is 4.99 Å². The fourth-order valence-corrected chi connectivity index (χ4v) is 3.30. The molecule has 0 aromatic heterocycles. The highest BCUT2D eigenvalue weighted by Crippen LogP contribution is 2.18. The quantitative estimate of drug-likeness (QED) is 0.489. The van der Waals surface area contributed by atoms with Gasteiger partial charge in [0.05, 0.1) is 0 Å². The maximum atomic E-state index is 11.6. The van der Waals surface area contributed by atoms with Crippen molar-refractivity contribution >= 4 is 29.7 Å². The van der Waals surface area contributed by atoms with Crippen LogP contribution in [0.25, 0.3) is 0 Å². The summed E-state index contributed by atoms with van der Waals surface area (Å²) >= 11 is 0. The van der Waals surface area contributed by atoms with Gasteiger partial charge in [-0.3, -0.25) is 15.1 Å². The van der Waals surface area contributed by atoms with Crippen molar-refractivity contribution in [3.8, 4) is 0 Å². The lowest BCUT2D eigenvalue weighted by atomic mass is 9.97. The van der Waals surface area contributed by atoms with E-state index < -0.39 is 5.91 Å². The number of carbonyl (C=O) groups is 1. The monoisotopic (exact) mass is 426 g/mol. The van der Waals surface area contributed by atoms with Crippen LogP contribution in [-0.4, -0.2) is 55.9 Å². The number of benzene rings is 1. The Morgan fingerprint density at radius 2 is 2.16 bits per heavy atom. The van der Waals surface area contributed by atoms with E-state index in [4.69, 9.17) is 5.73 Å². The normalized spacial score (nSPS) is 23.1. The molecular formula is C22H34N8O. The average molecular weight is 427 g/mol. The number of aryl methyl sites for hydroxylation is 1. The van der Waals surface area contributed by atoms with Gasteiger partial charge in [-0.1, -0.05) is 26.8 Å². The second-order valence-electron chi connectivity index (χ2n) is 9.26. The van der Waals surface area contributed by atoms with E-state index in [9.17, 15) is 4.79 Å². The molecule has 3 rings (SSSR count). The van der Waals surface area contributed by atoms with Crippen LogP contribution in [0.4, 0.5) is 5.69 Å². The van der Waals surface area contributed by atoms with Gasteiger partial charge in [-0.2, -0.15) is 4.99 Å². The minimum atomic E-state index is -0.478. The number of nitrogens with one attached hydrogen (secondary N) is 4. The Hall–Kier alpha value is -2.78. The first-order valence-corrected chi connectivity index (χ1v) is 10.8. The van der Waals surface area contributed by atoms with E-state index in [2.05, 4.69) is 57.0 Å². The molecule has 0 radical (unpaired) electrons. The Balaban J connectivity index is 1.83. The number of nitrogens with two attached hydrogens (primary N) is 1. The van der Waals surface area contributed by atoms with Crippen molar-refractivity contribution in [1.29, 1.82) is 0 Å². The number of guanidine groups is 2. The van der Waals surface area contributed by atoms with Gasteiger partial charge in [0, 0.05) is 36.6 Å². The first-order chi connectivity index (χ1) is 14.7. The van der Waals surface area contributed by atoms with Gasteiger partial charge in [0.15, 0.2) is 0 Å². The summed E-state index contributed by atoms with van der Waals surface area (Å²) in [6.45, 7) is 11.0. The van der Waals surface area contributed by atoms with Crippen molar-refractivity contribution in [1.82, 2.24) is 16.0 Å². The predicted molar refractivity (Wildman–Crippen MR) is 127 cm³/mol. The van der Waals surface area contributed by atoms with E-state index in [-0.39, 0.29) is 11.6 Å². The first kappa shape index (κ1) is 22.9. The molecule has 1 aromatic carbocycles. The second kappa shape index (κ2) is 10.0. The Bertz CT molecular complexity index is 878. The van der Waals surface area contributed by atoms with Crippen molar-refractivity contribution in [3.05, 3.63) is 29.3 Å². The molecule has 1 amide bonds. The molecule has 2 aliphatic heterocycles. The summed E-state index contributed by atoms with van der Waals surface area (Å²) in [6.07, 6.45) is 3.86. The van der Waals surface area contributed by atoms with Gasteiger partial charge >= 0.3 is 0 Å². The average Bonchev–Trinajstić information content (AvgIpc) is 2.90. The van der Waals surface area contributed by atoms with Gasteiger partial charge in [0.2, 0.25) is 17.8 Å². The molecule has 1 aromatic rings. The smallest absolute Gasteiger partial charge is 0.248 e. The Morgan fingerprint density at radius 3 is 2.84 bits per heavy atom. The summed E-state index contributed by atoms with van der Waals surface area (Å²) < 4.78 is 0. The SMILES string of the molecule is Cc1ccc(C(N)=O)cc1NC1=NC(=NCC(C)(C)C)NC(N[C@@H]2CCCNC2)C=N1. The number of amides is 1. The summed E-state index contributed by atoms with van der Waals surface area (Å²) in [5.41, 5.74) is 7.57. The van der Waals surface area contributed by atoms with Crippen LogP contribution in [0.2, 0.25) is 0 Å². The number of primary amides is 1. The maximum Gasteiger partial charge on any atom is 0.248 e. The van der Waals surface area contributed by atoms with Crippen molar-refractivity contribution < 1.29 is 4.79 Å². The standard InChI is InChI=1S/C22H34N8O/c1-14-7-8-15(19(23)31)10-17(14)28-20-25-12-18(27-16-6-5-9-24-11-16)29-21(30-20)26-13-22(2,3)4/h7-8,10,12,16,18,24,27H,5-6,9,11,13H2,1-4H3,(H2,23,31)(H2,26,28,29,30)/t16-,18?/m1/s1. The zero-order valence-corrected chi connectivity index (χ0v) is 18.8. The number of aliphatic imine (C=N–C) groups is 3. The Labute approximate surface area is 184 Å². The molecule has 2 aliphatic rings. The van der Waals surface area contributed by atoms with Crippen LogP contribution in [0, 0.1) is 12.3 Å². The fraction of sp³-hybridized carbons (Fsp3) is 0.545. The highest BCUT2D eigenvalue weighted by molar-refractivity contribution is 6.08. The van der Waals surface area contributed by atoms with Crippen LogP contribution < -0.4 is 27.0 Å². The molecule has 168 valence electrons. The number of piperidine rings is 1. The zero-order chi connectivity index (χ0) is 22.4. The van der Waals surface area contributed by atoms with Gasteiger partial charge in [-0.05, 0) is 49.4 Å². The fourth-order valence-electron chi connectivity index (χ4n) is 3.30. The molecule has 31 heavy (non-hydrogen) atoms. The third kappa shape index (κ3) is 7.15. The molecule has 0 aliphatic carbocycles. The van der Waals surface area contributed by atoms with Crippen LogP contribution in [0.15, 0.2) is 33.2 Å². The van der Waals surface area contributed by atoms with Crippen LogP contribution >= 0.6 is 0 Å². The third-order valence-corrected chi connectivity index (χ3v) is 5.03. The van der Waals surface area contributed by atoms with Crippen LogP contribution in [0.1, 0.15) is 49.5 Å².